The van der Waals surface area contributed by atoms with Crippen LogP contribution in [0.15, 0.2) is 89.4 Å². The number of para-hydroxylation sites is 2. The Labute approximate surface area is 211 Å². The summed E-state index contributed by atoms with van der Waals surface area (Å²) in [4.78, 5) is 22.7. The average molecular weight is 503 g/mol. The Balaban J connectivity index is 1.48. The van der Waals surface area contributed by atoms with Gasteiger partial charge in [0.15, 0.2) is 0 Å². The Morgan fingerprint density at radius 1 is 1.14 bits per heavy atom. The fourth-order valence-corrected chi connectivity index (χ4v) is 4.81. The van der Waals surface area contributed by atoms with Crippen molar-refractivity contribution in [1.29, 1.82) is 0 Å². The smallest absolute Gasteiger partial charge is 0.256 e. The molecule has 1 aliphatic rings. The first kappa shape index (κ1) is 23.6. The van der Waals surface area contributed by atoms with Crippen molar-refractivity contribution in [3.8, 4) is 5.75 Å². The lowest BCUT2D eigenvalue weighted by Crippen LogP contribution is -2.32. The van der Waals surface area contributed by atoms with E-state index in [9.17, 15) is 9.18 Å². The molecule has 8 nitrogen and oxygen atoms in total. The molecule has 182 valence electrons. The van der Waals surface area contributed by atoms with Crippen LogP contribution in [0.3, 0.4) is 0 Å². The van der Waals surface area contributed by atoms with Crippen LogP contribution >= 0.6 is 11.8 Å². The van der Waals surface area contributed by atoms with Gasteiger partial charge in [-0.25, -0.2) is 9.07 Å². The SMILES string of the molecule is COc1ccccc1NC(=O)C1=C(C)Nc2nc(SCc3ccccc3F)nn2[C@H]1c1ccccn1. The first-order valence-electron chi connectivity index (χ1n) is 11.2. The number of anilines is 2. The van der Waals surface area contributed by atoms with Gasteiger partial charge in [-0.3, -0.25) is 9.78 Å². The number of halogens is 1. The molecule has 1 atom stereocenters. The lowest BCUT2D eigenvalue weighted by Gasteiger charge is -2.28. The van der Waals surface area contributed by atoms with Crippen molar-refractivity contribution in [3.63, 3.8) is 0 Å². The van der Waals surface area contributed by atoms with Crippen LogP contribution in [0.5, 0.6) is 5.75 Å². The summed E-state index contributed by atoms with van der Waals surface area (Å²) in [6, 6.07) is 18.7. The van der Waals surface area contributed by atoms with E-state index in [2.05, 4.69) is 25.7 Å². The van der Waals surface area contributed by atoms with Crippen molar-refractivity contribution in [2.24, 2.45) is 0 Å². The second-order valence-corrected chi connectivity index (χ2v) is 8.96. The van der Waals surface area contributed by atoms with Crippen LogP contribution in [0.25, 0.3) is 0 Å². The van der Waals surface area contributed by atoms with Gasteiger partial charge in [0.1, 0.15) is 17.6 Å². The Morgan fingerprint density at radius 2 is 1.92 bits per heavy atom. The first-order valence-corrected chi connectivity index (χ1v) is 12.2. The highest BCUT2D eigenvalue weighted by atomic mass is 32.2. The molecular weight excluding hydrogens is 479 g/mol. The third kappa shape index (κ3) is 4.67. The summed E-state index contributed by atoms with van der Waals surface area (Å²) in [6.07, 6.45) is 1.67. The topological polar surface area (TPSA) is 94.0 Å². The predicted octanol–water partition coefficient (Wildman–Crippen LogP) is 5.04. The fraction of sp³-hybridized carbons (Fsp3) is 0.154. The zero-order valence-corrected chi connectivity index (χ0v) is 20.4. The summed E-state index contributed by atoms with van der Waals surface area (Å²) in [5.74, 6) is 0.814. The van der Waals surface area contributed by atoms with Gasteiger partial charge in [-0.05, 0) is 42.8 Å². The monoisotopic (exact) mass is 502 g/mol. The summed E-state index contributed by atoms with van der Waals surface area (Å²) in [5.41, 5.74) is 2.83. The van der Waals surface area contributed by atoms with E-state index in [-0.39, 0.29) is 11.7 Å². The Kier molecular flexibility index (Phi) is 6.68. The maximum absolute atomic E-state index is 14.1. The minimum absolute atomic E-state index is 0.272. The van der Waals surface area contributed by atoms with Gasteiger partial charge in [-0.1, -0.05) is 48.2 Å². The van der Waals surface area contributed by atoms with Gasteiger partial charge in [0.2, 0.25) is 11.1 Å². The molecule has 1 aliphatic heterocycles. The van der Waals surface area contributed by atoms with E-state index in [4.69, 9.17) is 4.74 Å². The molecule has 1 amide bonds. The van der Waals surface area contributed by atoms with Crippen LogP contribution in [0.4, 0.5) is 16.0 Å². The minimum Gasteiger partial charge on any atom is -0.495 e. The Bertz CT molecular complexity index is 1440. The number of aromatic nitrogens is 4. The van der Waals surface area contributed by atoms with E-state index >= 15 is 0 Å². The number of carbonyl (C=O) groups excluding carboxylic acids is 1. The van der Waals surface area contributed by atoms with E-state index in [0.717, 1.165) is 0 Å². The van der Waals surface area contributed by atoms with Crippen LogP contribution in [0.1, 0.15) is 24.2 Å². The number of benzene rings is 2. The molecule has 0 aliphatic carbocycles. The summed E-state index contributed by atoms with van der Waals surface area (Å²) < 4.78 is 21.1. The molecule has 5 rings (SSSR count). The number of rotatable bonds is 7. The van der Waals surface area contributed by atoms with Crippen molar-refractivity contribution in [1.82, 2.24) is 19.7 Å². The number of methoxy groups -OCH3 is 1. The van der Waals surface area contributed by atoms with Gasteiger partial charge in [0.05, 0.1) is 24.1 Å². The standard InChI is InChI=1S/C26H23FN6O2S/c1-16-22(24(34)30-19-11-5-6-13-21(19)35-2)23(20-12-7-8-14-28-20)33-25(29-16)31-26(32-33)36-15-17-9-3-4-10-18(17)27/h3-14,23H,15H2,1-2H3,(H,30,34)(H,29,31,32)/t23-/m0/s1. The average Bonchev–Trinajstić information content (AvgIpc) is 3.30. The second-order valence-electron chi connectivity index (χ2n) is 8.02. The molecule has 36 heavy (non-hydrogen) atoms. The highest BCUT2D eigenvalue weighted by Gasteiger charge is 2.35. The largest absolute Gasteiger partial charge is 0.495 e. The molecule has 2 aromatic carbocycles. The number of hydrogen-bond acceptors (Lipinski definition) is 7. The van der Waals surface area contributed by atoms with E-state index in [0.29, 0.717) is 50.8 Å². The predicted molar refractivity (Wildman–Crippen MR) is 136 cm³/mol. The van der Waals surface area contributed by atoms with Gasteiger partial charge < -0.3 is 15.4 Å². The molecule has 0 unspecified atom stereocenters. The minimum atomic E-state index is -0.618. The number of nitrogens with one attached hydrogen (secondary N) is 2. The van der Waals surface area contributed by atoms with Gasteiger partial charge >= 0.3 is 0 Å². The molecule has 3 heterocycles. The molecule has 2 aromatic heterocycles. The van der Waals surface area contributed by atoms with E-state index in [1.54, 1.807) is 48.3 Å². The van der Waals surface area contributed by atoms with Crippen molar-refractivity contribution in [2.45, 2.75) is 23.9 Å². The molecule has 0 fully saturated rings. The van der Waals surface area contributed by atoms with Crippen LogP contribution in [0, 0.1) is 5.82 Å². The quantitative estimate of drug-likeness (QED) is 0.342. The van der Waals surface area contributed by atoms with Crippen LogP contribution in [0.2, 0.25) is 0 Å². The molecule has 2 N–H and O–H groups in total. The maximum atomic E-state index is 14.1. The lowest BCUT2D eigenvalue weighted by atomic mass is 9.98. The normalized spacial score (nSPS) is 14.7. The number of allylic oxidation sites excluding steroid dienone is 1. The number of hydrogen-bond donors (Lipinski definition) is 2. The number of pyridine rings is 1. The number of fused-ring (bicyclic) bond motifs is 1. The molecule has 0 saturated heterocycles. The van der Waals surface area contributed by atoms with Crippen molar-refractivity contribution < 1.29 is 13.9 Å². The van der Waals surface area contributed by atoms with Crippen molar-refractivity contribution in [2.75, 3.05) is 17.7 Å². The number of amides is 1. The van der Waals surface area contributed by atoms with Crippen LogP contribution in [-0.2, 0) is 10.5 Å². The maximum Gasteiger partial charge on any atom is 0.256 e. The second kappa shape index (κ2) is 10.2. The fourth-order valence-electron chi connectivity index (χ4n) is 3.99. The summed E-state index contributed by atoms with van der Waals surface area (Å²) in [5, 5.41) is 11.3. The van der Waals surface area contributed by atoms with Gasteiger partial charge in [0, 0.05) is 17.6 Å². The third-order valence-corrected chi connectivity index (χ3v) is 6.60. The highest BCUT2D eigenvalue weighted by molar-refractivity contribution is 7.98. The van der Waals surface area contributed by atoms with Gasteiger partial charge in [0.25, 0.3) is 5.91 Å². The Hall–Kier alpha value is -4.18. The molecule has 0 bridgehead atoms. The number of ether oxygens (including phenoxy) is 1. The highest BCUT2D eigenvalue weighted by Crippen LogP contribution is 2.37. The lowest BCUT2D eigenvalue weighted by molar-refractivity contribution is -0.113. The number of carbonyl (C=O) groups is 1. The Morgan fingerprint density at radius 3 is 2.69 bits per heavy atom. The zero-order chi connectivity index (χ0) is 25.1. The number of nitrogens with zero attached hydrogens (tertiary/aromatic N) is 4. The first-order chi connectivity index (χ1) is 17.5. The zero-order valence-electron chi connectivity index (χ0n) is 19.6. The molecular formula is C26H23FN6O2S. The molecule has 4 aromatic rings. The third-order valence-electron chi connectivity index (χ3n) is 5.72. The van der Waals surface area contributed by atoms with Gasteiger partial charge in [-0.15, -0.1) is 5.10 Å². The van der Waals surface area contributed by atoms with Crippen LogP contribution < -0.4 is 15.4 Å². The van der Waals surface area contributed by atoms with Crippen LogP contribution in [-0.4, -0.2) is 32.8 Å². The summed E-state index contributed by atoms with van der Waals surface area (Å²) >= 11 is 1.32. The van der Waals surface area contributed by atoms with Crippen molar-refractivity contribution in [3.05, 3.63) is 101 Å². The van der Waals surface area contributed by atoms with E-state index in [1.807, 2.05) is 37.3 Å². The van der Waals surface area contributed by atoms with Gasteiger partial charge in [-0.2, -0.15) is 4.98 Å². The summed E-state index contributed by atoms with van der Waals surface area (Å²) in [6.45, 7) is 1.82. The molecule has 0 saturated carbocycles. The van der Waals surface area contributed by atoms with Crippen molar-refractivity contribution >= 4 is 29.3 Å². The summed E-state index contributed by atoms with van der Waals surface area (Å²) in [7, 11) is 1.55. The molecule has 0 spiro atoms. The molecule has 10 heteroatoms. The van der Waals surface area contributed by atoms with E-state index < -0.39 is 6.04 Å². The molecule has 0 radical (unpaired) electrons. The number of thioether (sulfide) groups is 1. The van der Waals surface area contributed by atoms with E-state index in [1.165, 1.54) is 17.8 Å².